The highest BCUT2D eigenvalue weighted by Gasteiger charge is 2.62. The van der Waals surface area contributed by atoms with Crippen LogP contribution in [-0.4, -0.2) is 55.0 Å². The molecule has 43 heavy (non-hydrogen) atoms. The number of carbonyl (C=O) groups is 3. The van der Waals surface area contributed by atoms with Crippen molar-refractivity contribution in [2.45, 2.75) is 50.8 Å². The van der Waals surface area contributed by atoms with E-state index in [1.807, 2.05) is 0 Å². The van der Waals surface area contributed by atoms with E-state index in [0.29, 0.717) is 18.4 Å². The zero-order valence-electron chi connectivity index (χ0n) is 23.0. The zero-order chi connectivity index (χ0) is 31.3. The van der Waals surface area contributed by atoms with Crippen molar-refractivity contribution in [1.29, 1.82) is 0 Å². The minimum atomic E-state index is -4.98. The summed E-state index contributed by atoms with van der Waals surface area (Å²) in [7, 11) is 1.25. The number of halogens is 6. The minimum absolute atomic E-state index is 0.0808. The summed E-state index contributed by atoms with van der Waals surface area (Å²) in [6, 6.07) is 5.84. The SMILES string of the molecule is COC(=O)C1(COC(=O)N(CC2CC2)C(=O)c2ccc(C3=NOC(c4cc(Cl)c(F)c(Cl)c4)(C(F)(F)F)C3)cc2C)CC1. The Morgan fingerprint density at radius 3 is 2.30 bits per heavy atom. The quantitative estimate of drug-likeness (QED) is 0.175. The lowest BCUT2D eigenvalue weighted by atomic mass is 9.86. The van der Waals surface area contributed by atoms with Crippen LogP contribution in [0.5, 0.6) is 0 Å². The topological polar surface area (TPSA) is 94.5 Å². The molecular weight excluding hydrogens is 619 g/mol. The Kier molecular flexibility index (Phi) is 8.14. The molecular formula is C29H26Cl2F4N2O6. The second-order valence-electron chi connectivity index (χ2n) is 11.1. The molecule has 1 heterocycles. The normalized spacial score (nSPS) is 20.6. The molecule has 14 heteroatoms. The third-order valence-corrected chi connectivity index (χ3v) is 8.52. The summed E-state index contributed by atoms with van der Waals surface area (Å²) in [5.74, 6) is -2.06. The van der Waals surface area contributed by atoms with Crippen LogP contribution in [0.15, 0.2) is 35.5 Å². The van der Waals surface area contributed by atoms with Crippen molar-refractivity contribution in [2.24, 2.45) is 16.5 Å². The molecule has 1 unspecified atom stereocenters. The van der Waals surface area contributed by atoms with Crippen molar-refractivity contribution in [3.05, 3.63) is 68.4 Å². The summed E-state index contributed by atoms with van der Waals surface area (Å²) in [5, 5.41) is 2.49. The van der Waals surface area contributed by atoms with Crippen molar-refractivity contribution < 1.29 is 46.3 Å². The third kappa shape index (κ3) is 5.91. The highest BCUT2D eigenvalue weighted by Crippen LogP contribution is 2.50. The number of alkyl halides is 3. The summed E-state index contributed by atoms with van der Waals surface area (Å²) in [5.41, 5.74) is -3.73. The van der Waals surface area contributed by atoms with Crippen molar-refractivity contribution in [1.82, 2.24) is 4.90 Å². The van der Waals surface area contributed by atoms with Gasteiger partial charge in [-0.25, -0.2) is 14.1 Å². The highest BCUT2D eigenvalue weighted by molar-refractivity contribution is 6.35. The summed E-state index contributed by atoms with van der Waals surface area (Å²) < 4.78 is 67.2. The molecule has 0 saturated heterocycles. The van der Waals surface area contributed by atoms with Crippen LogP contribution in [0.4, 0.5) is 22.4 Å². The molecule has 3 aliphatic rings. The number of rotatable bonds is 8. The van der Waals surface area contributed by atoms with Gasteiger partial charge in [-0.15, -0.1) is 0 Å². The van der Waals surface area contributed by atoms with E-state index in [-0.39, 0.29) is 35.9 Å². The van der Waals surface area contributed by atoms with Gasteiger partial charge in [-0.1, -0.05) is 34.4 Å². The van der Waals surface area contributed by atoms with Crippen molar-refractivity contribution >= 4 is 46.9 Å². The predicted molar refractivity (Wildman–Crippen MR) is 146 cm³/mol. The number of oxime groups is 1. The molecule has 2 aromatic carbocycles. The smallest absolute Gasteiger partial charge is 0.435 e. The van der Waals surface area contributed by atoms with Gasteiger partial charge in [0.15, 0.2) is 5.82 Å². The molecule has 2 saturated carbocycles. The van der Waals surface area contributed by atoms with Crippen LogP contribution in [0, 0.1) is 24.1 Å². The molecule has 2 aliphatic carbocycles. The molecule has 230 valence electrons. The van der Waals surface area contributed by atoms with Crippen molar-refractivity contribution in [2.75, 3.05) is 20.3 Å². The van der Waals surface area contributed by atoms with Gasteiger partial charge in [0.05, 0.1) is 22.9 Å². The maximum absolute atomic E-state index is 14.4. The van der Waals surface area contributed by atoms with Gasteiger partial charge in [-0.3, -0.25) is 9.59 Å². The first-order chi connectivity index (χ1) is 20.2. The Bertz CT molecular complexity index is 1500. The molecule has 0 aromatic heterocycles. The monoisotopic (exact) mass is 644 g/mol. The average molecular weight is 645 g/mol. The first-order valence-corrected chi connectivity index (χ1v) is 14.1. The fourth-order valence-electron chi connectivity index (χ4n) is 4.93. The van der Waals surface area contributed by atoms with Gasteiger partial charge >= 0.3 is 18.2 Å². The summed E-state index contributed by atoms with van der Waals surface area (Å²) in [6.45, 7) is 1.48. The number of carbonyl (C=O) groups excluding carboxylic acids is 3. The summed E-state index contributed by atoms with van der Waals surface area (Å²) in [4.78, 5) is 44.5. The van der Waals surface area contributed by atoms with E-state index < -0.39 is 63.0 Å². The standard InChI is InChI=1S/C29H26Cl2F4N2O6/c1-15-9-17(22-12-28(43-36-22,29(33,34)35)18-10-20(30)23(32)21(31)11-18)5-6-19(15)24(38)37(13-16-3-4-16)26(40)42-14-27(7-8-27)25(39)41-2/h5-6,9-11,16H,3-4,7-8,12-14H2,1-2H3. The lowest BCUT2D eigenvalue weighted by Gasteiger charge is -2.29. The maximum Gasteiger partial charge on any atom is 0.435 e. The molecule has 0 spiro atoms. The van der Waals surface area contributed by atoms with E-state index in [1.54, 1.807) is 6.92 Å². The molecule has 0 N–H and O–H groups in total. The number of imide groups is 1. The zero-order valence-corrected chi connectivity index (χ0v) is 24.5. The molecule has 1 aliphatic heterocycles. The Hall–Kier alpha value is -3.38. The maximum atomic E-state index is 14.4. The van der Waals surface area contributed by atoms with Crippen LogP contribution < -0.4 is 0 Å². The second-order valence-corrected chi connectivity index (χ2v) is 11.9. The second kappa shape index (κ2) is 11.3. The van der Waals surface area contributed by atoms with E-state index in [2.05, 4.69) is 5.16 Å². The Balaban J connectivity index is 1.36. The summed E-state index contributed by atoms with van der Waals surface area (Å²) >= 11 is 11.5. The van der Waals surface area contributed by atoms with Gasteiger partial charge in [-0.05, 0) is 73.9 Å². The van der Waals surface area contributed by atoms with Gasteiger partial charge in [0, 0.05) is 24.1 Å². The van der Waals surface area contributed by atoms with Crippen LogP contribution in [0.25, 0.3) is 0 Å². The van der Waals surface area contributed by atoms with E-state index >= 15 is 0 Å². The molecule has 2 aromatic rings. The molecule has 5 rings (SSSR count). The van der Waals surface area contributed by atoms with E-state index in [9.17, 15) is 31.9 Å². The number of hydrogen-bond acceptors (Lipinski definition) is 7. The van der Waals surface area contributed by atoms with Crippen LogP contribution in [-0.2, 0) is 24.7 Å². The minimum Gasteiger partial charge on any atom is -0.468 e. The first-order valence-electron chi connectivity index (χ1n) is 13.4. The Morgan fingerprint density at radius 1 is 1.12 bits per heavy atom. The first kappa shape index (κ1) is 31.1. The van der Waals surface area contributed by atoms with Gasteiger partial charge in [0.25, 0.3) is 11.5 Å². The lowest BCUT2D eigenvalue weighted by Crippen LogP contribution is -2.42. The average Bonchev–Trinajstić information content (AvgIpc) is 3.89. The van der Waals surface area contributed by atoms with Crippen LogP contribution >= 0.6 is 23.2 Å². The number of benzene rings is 2. The van der Waals surface area contributed by atoms with E-state index in [0.717, 1.165) is 29.9 Å². The largest absolute Gasteiger partial charge is 0.468 e. The Labute approximate surface area is 253 Å². The Morgan fingerprint density at radius 2 is 1.77 bits per heavy atom. The van der Waals surface area contributed by atoms with Crippen molar-refractivity contribution in [3.8, 4) is 0 Å². The molecule has 2 fully saturated rings. The number of amides is 2. The number of nitrogens with zero attached hydrogens (tertiary/aromatic N) is 2. The molecule has 0 radical (unpaired) electrons. The van der Waals surface area contributed by atoms with Crippen molar-refractivity contribution in [3.63, 3.8) is 0 Å². The van der Waals surface area contributed by atoms with E-state index in [4.69, 9.17) is 37.5 Å². The highest BCUT2D eigenvalue weighted by atomic mass is 35.5. The number of aryl methyl sites for hydroxylation is 1. The number of methoxy groups -OCH3 is 1. The summed E-state index contributed by atoms with van der Waals surface area (Å²) in [6.07, 6.45) is -3.95. The predicted octanol–water partition coefficient (Wildman–Crippen LogP) is 6.97. The molecule has 1 atom stereocenters. The lowest BCUT2D eigenvalue weighted by molar-refractivity contribution is -0.275. The fourth-order valence-corrected chi connectivity index (χ4v) is 5.41. The van der Waals surface area contributed by atoms with E-state index in [1.165, 1.54) is 25.3 Å². The number of hydrogen-bond donors (Lipinski definition) is 0. The number of ether oxygens (including phenoxy) is 2. The molecule has 2 amide bonds. The van der Waals surface area contributed by atoms with Crippen LogP contribution in [0.3, 0.4) is 0 Å². The molecule has 8 nitrogen and oxygen atoms in total. The van der Waals surface area contributed by atoms with Crippen LogP contribution in [0.2, 0.25) is 10.0 Å². The van der Waals surface area contributed by atoms with Crippen LogP contribution in [0.1, 0.15) is 59.2 Å². The fraction of sp³-hybridized carbons (Fsp3) is 0.448. The molecule has 0 bridgehead atoms. The third-order valence-electron chi connectivity index (χ3n) is 7.97. The number of esters is 1. The van der Waals surface area contributed by atoms with Gasteiger partial charge < -0.3 is 14.3 Å². The van der Waals surface area contributed by atoms with Gasteiger partial charge in [0.2, 0.25) is 0 Å². The van der Waals surface area contributed by atoms with Gasteiger partial charge in [-0.2, -0.15) is 13.2 Å². The van der Waals surface area contributed by atoms with Gasteiger partial charge in [0.1, 0.15) is 12.0 Å².